The van der Waals surface area contributed by atoms with Gasteiger partial charge in [0.1, 0.15) is 0 Å². The van der Waals surface area contributed by atoms with E-state index < -0.39 is 0 Å². The quantitative estimate of drug-likeness (QED) is 0.787. The lowest BCUT2D eigenvalue weighted by Crippen LogP contribution is -2.58. The molecule has 0 radical (unpaired) electrons. The van der Waals surface area contributed by atoms with Gasteiger partial charge in [-0.1, -0.05) is 19.9 Å². The minimum absolute atomic E-state index is 0.0267. The van der Waals surface area contributed by atoms with E-state index in [9.17, 15) is 0 Å². The molecule has 0 bridgehead atoms. The standard InChI is InChI=1S/C15H22BN3O2/c1-9-6-10(7-11-12(9)19-13(17)18-11)16-20-8-14(2,3)15(4,5)21-16/h6-7H,8H2,1-5H3,(H3,17,18,19). The van der Waals surface area contributed by atoms with Crippen molar-refractivity contribution in [3.63, 3.8) is 0 Å². The topological polar surface area (TPSA) is 73.2 Å². The van der Waals surface area contributed by atoms with Crippen molar-refractivity contribution in [3.05, 3.63) is 17.7 Å². The van der Waals surface area contributed by atoms with E-state index in [4.69, 9.17) is 15.0 Å². The first-order chi connectivity index (χ1) is 9.69. The minimum atomic E-state index is -0.361. The number of rotatable bonds is 1. The second kappa shape index (κ2) is 4.48. The van der Waals surface area contributed by atoms with Crippen LogP contribution >= 0.6 is 0 Å². The van der Waals surface area contributed by atoms with Crippen molar-refractivity contribution < 1.29 is 9.31 Å². The first-order valence-electron chi connectivity index (χ1n) is 7.25. The van der Waals surface area contributed by atoms with Gasteiger partial charge in [0, 0.05) is 12.0 Å². The molecule has 1 aromatic heterocycles. The van der Waals surface area contributed by atoms with E-state index >= 15 is 0 Å². The fraction of sp³-hybridized carbons (Fsp3) is 0.533. The lowest BCUT2D eigenvalue weighted by atomic mass is 9.69. The summed E-state index contributed by atoms with van der Waals surface area (Å²) < 4.78 is 12.1. The van der Waals surface area contributed by atoms with Crippen molar-refractivity contribution in [1.29, 1.82) is 0 Å². The van der Waals surface area contributed by atoms with Gasteiger partial charge in [-0.25, -0.2) is 4.98 Å². The maximum atomic E-state index is 6.20. The molecule has 1 saturated heterocycles. The summed E-state index contributed by atoms with van der Waals surface area (Å²) in [7, 11) is -0.361. The Kier molecular flexibility index (Phi) is 3.08. The third-order valence-electron chi connectivity index (χ3n) is 4.72. The summed E-state index contributed by atoms with van der Waals surface area (Å²) in [6.07, 6.45) is 0. The van der Waals surface area contributed by atoms with Gasteiger partial charge in [0.05, 0.1) is 16.6 Å². The Balaban J connectivity index is 1.98. The molecule has 2 heterocycles. The number of benzene rings is 1. The van der Waals surface area contributed by atoms with Crippen LogP contribution in [0, 0.1) is 12.3 Å². The summed E-state index contributed by atoms with van der Waals surface area (Å²) >= 11 is 0. The first kappa shape index (κ1) is 14.4. The predicted molar refractivity (Wildman–Crippen MR) is 85.5 cm³/mol. The van der Waals surface area contributed by atoms with Crippen LogP contribution in [0.25, 0.3) is 11.0 Å². The molecule has 1 aromatic carbocycles. The number of nitrogens with zero attached hydrogens (tertiary/aromatic N) is 1. The number of nitrogens with one attached hydrogen (secondary N) is 1. The Hall–Kier alpha value is -1.53. The Morgan fingerprint density at radius 2 is 2.00 bits per heavy atom. The van der Waals surface area contributed by atoms with Gasteiger partial charge in [0.15, 0.2) is 5.95 Å². The zero-order chi connectivity index (χ0) is 15.4. The predicted octanol–water partition coefficient (Wildman–Crippen LogP) is 2.00. The highest BCUT2D eigenvalue weighted by Crippen LogP contribution is 2.38. The molecule has 3 rings (SSSR count). The number of H-pyrrole nitrogens is 1. The second-order valence-corrected chi connectivity index (χ2v) is 7.01. The number of hydrogen-bond donors (Lipinski definition) is 2. The smallest absolute Gasteiger partial charge is 0.407 e. The summed E-state index contributed by atoms with van der Waals surface area (Å²) in [5, 5.41) is 0. The first-order valence-corrected chi connectivity index (χ1v) is 7.25. The van der Waals surface area contributed by atoms with Crippen LogP contribution in [0.1, 0.15) is 33.3 Å². The number of imidazole rings is 1. The van der Waals surface area contributed by atoms with E-state index in [1.54, 1.807) is 0 Å². The highest BCUT2D eigenvalue weighted by molar-refractivity contribution is 6.61. The van der Waals surface area contributed by atoms with Crippen molar-refractivity contribution in [2.75, 3.05) is 12.3 Å². The number of aromatic amines is 1. The van der Waals surface area contributed by atoms with E-state index in [1.165, 1.54) is 0 Å². The van der Waals surface area contributed by atoms with E-state index in [0.29, 0.717) is 12.6 Å². The van der Waals surface area contributed by atoms with Gasteiger partial charge in [-0.15, -0.1) is 0 Å². The number of hydrogen-bond acceptors (Lipinski definition) is 4. The molecule has 1 fully saturated rings. The molecule has 1 aliphatic heterocycles. The monoisotopic (exact) mass is 287 g/mol. The summed E-state index contributed by atoms with van der Waals surface area (Å²) in [4.78, 5) is 7.36. The third-order valence-corrected chi connectivity index (χ3v) is 4.72. The van der Waals surface area contributed by atoms with Crippen LogP contribution in [0.4, 0.5) is 5.95 Å². The lowest BCUT2D eigenvalue weighted by molar-refractivity contribution is -0.0937. The largest absolute Gasteiger partial charge is 0.494 e. The SMILES string of the molecule is Cc1cc(B2OCC(C)(C)C(C)(C)O2)cc2[nH]c(N)nc12. The summed E-state index contributed by atoms with van der Waals surface area (Å²) in [6, 6.07) is 4.06. The Labute approximate surface area is 125 Å². The van der Waals surface area contributed by atoms with Crippen molar-refractivity contribution in [3.8, 4) is 0 Å². The summed E-state index contributed by atoms with van der Waals surface area (Å²) in [5.41, 5.74) is 9.32. The van der Waals surface area contributed by atoms with Gasteiger partial charge < -0.3 is 20.0 Å². The van der Waals surface area contributed by atoms with E-state index in [-0.39, 0.29) is 18.1 Å². The molecule has 6 heteroatoms. The van der Waals surface area contributed by atoms with Crippen LogP contribution in [0.5, 0.6) is 0 Å². The average Bonchev–Trinajstić information content (AvgIpc) is 2.74. The number of aromatic nitrogens is 2. The molecule has 21 heavy (non-hydrogen) atoms. The Morgan fingerprint density at radius 3 is 2.67 bits per heavy atom. The summed E-state index contributed by atoms with van der Waals surface area (Å²) in [6.45, 7) is 11.2. The normalized spacial score (nSPS) is 20.9. The van der Waals surface area contributed by atoms with Crippen LogP contribution in [-0.2, 0) is 9.31 Å². The van der Waals surface area contributed by atoms with Crippen LogP contribution in [-0.4, -0.2) is 29.3 Å². The molecular weight excluding hydrogens is 265 g/mol. The van der Waals surface area contributed by atoms with Crippen LogP contribution < -0.4 is 11.2 Å². The minimum Gasteiger partial charge on any atom is -0.407 e. The molecule has 0 aliphatic carbocycles. The Bertz CT molecular complexity index is 694. The van der Waals surface area contributed by atoms with Crippen molar-refractivity contribution in [1.82, 2.24) is 9.97 Å². The van der Waals surface area contributed by atoms with E-state index in [1.807, 2.05) is 13.0 Å². The van der Waals surface area contributed by atoms with Crippen LogP contribution in [0.3, 0.4) is 0 Å². The lowest BCUT2D eigenvalue weighted by Gasteiger charge is -2.47. The second-order valence-electron chi connectivity index (χ2n) is 7.01. The van der Waals surface area contributed by atoms with E-state index in [0.717, 1.165) is 22.1 Å². The molecule has 0 saturated carbocycles. The van der Waals surface area contributed by atoms with Crippen LogP contribution in [0.2, 0.25) is 0 Å². The van der Waals surface area contributed by atoms with Crippen molar-refractivity contribution in [2.24, 2.45) is 5.41 Å². The van der Waals surface area contributed by atoms with Crippen molar-refractivity contribution >= 4 is 29.6 Å². The molecule has 3 N–H and O–H groups in total. The van der Waals surface area contributed by atoms with E-state index in [2.05, 4.69) is 43.7 Å². The number of nitrogens with two attached hydrogens (primary N) is 1. The molecule has 2 aromatic rings. The van der Waals surface area contributed by atoms with Gasteiger partial charge in [0.2, 0.25) is 0 Å². The van der Waals surface area contributed by atoms with Gasteiger partial charge in [-0.3, -0.25) is 0 Å². The maximum absolute atomic E-state index is 6.20. The van der Waals surface area contributed by atoms with Gasteiger partial charge in [-0.05, 0) is 37.9 Å². The number of aryl methyl sites for hydroxylation is 1. The molecule has 112 valence electrons. The van der Waals surface area contributed by atoms with Crippen LogP contribution in [0.15, 0.2) is 12.1 Å². The molecular formula is C15H22BN3O2. The van der Waals surface area contributed by atoms with Gasteiger partial charge in [0.25, 0.3) is 0 Å². The highest BCUT2D eigenvalue weighted by atomic mass is 16.6. The summed E-state index contributed by atoms with van der Waals surface area (Å²) in [5.74, 6) is 0.428. The third kappa shape index (κ3) is 2.32. The number of nitrogen functional groups attached to an aromatic ring is 1. The number of fused-ring (bicyclic) bond motifs is 1. The molecule has 0 atom stereocenters. The molecule has 0 unspecified atom stereocenters. The number of anilines is 1. The van der Waals surface area contributed by atoms with Gasteiger partial charge >= 0.3 is 7.12 Å². The zero-order valence-electron chi connectivity index (χ0n) is 13.3. The molecule has 0 spiro atoms. The highest BCUT2D eigenvalue weighted by Gasteiger charge is 2.47. The molecule has 5 nitrogen and oxygen atoms in total. The fourth-order valence-electron chi connectivity index (χ4n) is 2.56. The maximum Gasteiger partial charge on any atom is 0.494 e. The Morgan fingerprint density at radius 1 is 1.29 bits per heavy atom. The molecule has 0 amide bonds. The fourth-order valence-corrected chi connectivity index (χ4v) is 2.56. The average molecular weight is 287 g/mol. The van der Waals surface area contributed by atoms with Gasteiger partial charge in [-0.2, -0.15) is 0 Å². The zero-order valence-corrected chi connectivity index (χ0v) is 13.3. The molecule has 1 aliphatic rings. The van der Waals surface area contributed by atoms with Crippen molar-refractivity contribution in [2.45, 2.75) is 40.2 Å².